The minimum Gasteiger partial charge on any atom is -0.485 e. The molecular formula is C42H39ClF3N9O5. The number of aryl methyl sites for hydroxylation is 1. The fourth-order valence-corrected chi connectivity index (χ4v) is 7.75. The highest BCUT2D eigenvalue weighted by molar-refractivity contribution is 6.33. The number of fused-ring (bicyclic) bond motifs is 2. The van der Waals surface area contributed by atoms with Crippen LogP contribution in [0.25, 0.3) is 17.2 Å². The summed E-state index contributed by atoms with van der Waals surface area (Å²) in [4.78, 5) is 59.1. The van der Waals surface area contributed by atoms with E-state index >= 15 is 0 Å². The van der Waals surface area contributed by atoms with Gasteiger partial charge < -0.3 is 29.2 Å². The second kappa shape index (κ2) is 16.4. The molecule has 0 bridgehead atoms. The van der Waals surface area contributed by atoms with Gasteiger partial charge in [0, 0.05) is 31.7 Å². The van der Waals surface area contributed by atoms with E-state index in [9.17, 15) is 27.6 Å². The number of piperazine rings is 1. The summed E-state index contributed by atoms with van der Waals surface area (Å²) in [5, 5.41) is 6.97. The van der Waals surface area contributed by atoms with E-state index in [0.717, 1.165) is 39.4 Å². The molecule has 2 aliphatic rings. The molecule has 1 atom stereocenters. The Morgan fingerprint density at radius 2 is 1.78 bits per heavy atom. The molecule has 1 unspecified atom stereocenters. The van der Waals surface area contributed by atoms with E-state index < -0.39 is 23.2 Å². The summed E-state index contributed by atoms with van der Waals surface area (Å²) < 4.78 is 54.6. The number of anilines is 2. The van der Waals surface area contributed by atoms with Crippen LogP contribution in [0.1, 0.15) is 64.1 Å². The lowest BCUT2D eigenvalue weighted by molar-refractivity contribution is -0.137. The van der Waals surface area contributed by atoms with Crippen molar-refractivity contribution in [2.24, 2.45) is 0 Å². The lowest BCUT2D eigenvalue weighted by Crippen LogP contribution is -2.51. The van der Waals surface area contributed by atoms with Gasteiger partial charge >= 0.3 is 6.18 Å². The van der Waals surface area contributed by atoms with E-state index in [-0.39, 0.29) is 91.5 Å². The number of halogens is 4. The molecule has 0 spiro atoms. The lowest BCUT2D eigenvalue weighted by atomic mass is 10.0. The Hall–Kier alpha value is -6.33. The fraction of sp³-hybridized carbons (Fsp3) is 0.310. The summed E-state index contributed by atoms with van der Waals surface area (Å²) >= 11 is 6.19. The SMILES string of the molecule is CCc1c(N2CCN(C(=O)c3ncnc(C)c3OCc3ccccc3)CC2)c(=O)n2nc(-c3ccc4c(c3)C(C)OC4)nc2n1CC(=O)Nc1ccc(C(F)(F)F)cc1Cl. The van der Waals surface area contributed by atoms with Gasteiger partial charge in [-0.05, 0) is 61.2 Å². The first-order valence-corrected chi connectivity index (χ1v) is 19.6. The van der Waals surface area contributed by atoms with E-state index in [1.807, 2.05) is 67.3 Å². The summed E-state index contributed by atoms with van der Waals surface area (Å²) in [7, 11) is 0. The van der Waals surface area contributed by atoms with Crippen molar-refractivity contribution in [3.8, 4) is 17.1 Å². The second-order valence-electron chi connectivity index (χ2n) is 14.5. The first-order valence-electron chi connectivity index (χ1n) is 19.3. The monoisotopic (exact) mass is 841 g/mol. The van der Waals surface area contributed by atoms with Crippen molar-refractivity contribution < 1.29 is 32.2 Å². The van der Waals surface area contributed by atoms with Crippen molar-refractivity contribution in [1.29, 1.82) is 0 Å². The summed E-state index contributed by atoms with van der Waals surface area (Å²) in [6.07, 6.45) is -3.16. The third-order valence-corrected chi connectivity index (χ3v) is 11.0. The number of hydrogen-bond donors (Lipinski definition) is 1. The minimum atomic E-state index is -4.62. The average molecular weight is 842 g/mol. The first-order chi connectivity index (χ1) is 28.8. The van der Waals surface area contributed by atoms with Gasteiger partial charge in [0.15, 0.2) is 17.3 Å². The van der Waals surface area contributed by atoms with Crippen molar-refractivity contribution >= 4 is 40.6 Å². The minimum absolute atomic E-state index is 0.0186. The van der Waals surface area contributed by atoms with Crippen molar-refractivity contribution in [3.05, 3.63) is 128 Å². The van der Waals surface area contributed by atoms with Gasteiger partial charge in [-0.2, -0.15) is 22.7 Å². The number of ether oxygens (including phenoxy) is 2. The number of nitrogens with one attached hydrogen (secondary N) is 1. The van der Waals surface area contributed by atoms with Gasteiger partial charge in [0.05, 0.1) is 40.4 Å². The topological polar surface area (TPSA) is 149 Å². The van der Waals surface area contributed by atoms with Crippen molar-refractivity contribution in [1.82, 2.24) is 34.0 Å². The maximum atomic E-state index is 14.5. The molecule has 0 saturated carbocycles. The molecule has 2 aliphatic heterocycles. The molecule has 14 nitrogen and oxygen atoms in total. The molecule has 5 heterocycles. The summed E-state index contributed by atoms with van der Waals surface area (Å²) in [5.74, 6) is -0.352. The molecule has 0 radical (unpaired) electrons. The third-order valence-electron chi connectivity index (χ3n) is 10.7. The highest BCUT2D eigenvalue weighted by Gasteiger charge is 2.33. The zero-order valence-electron chi connectivity index (χ0n) is 32.8. The van der Waals surface area contributed by atoms with Crippen molar-refractivity contribution in [2.75, 3.05) is 36.4 Å². The smallest absolute Gasteiger partial charge is 0.416 e. The molecule has 1 N–H and O–H groups in total. The van der Waals surface area contributed by atoms with Crippen LogP contribution in [0, 0.1) is 6.92 Å². The summed E-state index contributed by atoms with van der Waals surface area (Å²) in [6.45, 7) is 6.79. The largest absolute Gasteiger partial charge is 0.485 e. The number of alkyl halides is 3. The number of nitrogens with zero attached hydrogens (tertiary/aromatic N) is 8. The molecular weight excluding hydrogens is 803 g/mol. The molecule has 1 saturated heterocycles. The predicted molar refractivity (Wildman–Crippen MR) is 216 cm³/mol. The Kier molecular flexibility index (Phi) is 11.0. The van der Waals surface area contributed by atoms with Gasteiger partial charge in [0.1, 0.15) is 25.2 Å². The van der Waals surface area contributed by atoms with Gasteiger partial charge in [-0.15, -0.1) is 5.10 Å². The van der Waals surface area contributed by atoms with E-state index in [0.29, 0.717) is 29.3 Å². The second-order valence-corrected chi connectivity index (χ2v) is 14.9. The zero-order valence-corrected chi connectivity index (χ0v) is 33.5. The molecule has 60 heavy (non-hydrogen) atoms. The number of benzene rings is 3. The molecule has 3 aromatic carbocycles. The Balaban J connectivity index is 1.11. The summed E-state index contributed by atoms with van der Waals surface area (Å²) in [6, 6.07) is 17.9. The normalized spacial score (nSPS) is 15.3. The van der Waals surface area contributed by atoms with Crippen LogP contribution in [0.3, 0.4) is 0 Å². The molecule has 0 aliphatic carbocycles. The van der Waals surface area contributed by atoms with Crippen LogP contribution in [0.4, 0.5) is 24.5 Å². The van der Waals surface area contributed by atoms with Crippen LogP contribution in [0.15, 0.2) is 77.9 Å². The lowest BCUT2D eigenvalue weighted by Gasteiger charge is -2.36. The summed E-state index contributed by atoms with van der Waals surface area (Å²) in [5.41, 5.74) is 3.51. The van der Waals surface area contributed by atoms with E-state index in [4.69, 9.17) is 26.1 Å². The van der Waals surface area contributed by atoms with Gasteiger partial charge in [0.25, 0.3) is 11.5 Å². The van der Waals surface area contributed by atoms with Crippen LogP contribution < -0.4 is 20.5 Å². The molecule has 8 rings (SSSR count). The van der Waals surface area contributed by atoms with Gasteiger partial charge in [-0.3, -0.25) is 14.4 Å². The Labute approximate surface area is 346 Å². The fourth-order valence-electron chi connectivity index (χ4n) is 7.53. The maximum Gasteiger partial charge on any atom is 0.416 e. The number of carbonyl (C=O) groups excluding carboxylic acids is 2. The Morgan fingerprint density at radius 1 is 1.02 bits per heavy atom. The number of hydrogen-bond acceptors (Lipinski definition) is 10. The third kappa shape index (κ3) is 7.89. The molecule has 3 aromatic heterocycles. The molecule has 2 amide bonds. The van der Waals surface area contributed by atoms with Crippen LogP contribution in [-0.4, -0.2) is 72.0 Å². The zero-order chi connectivity index (χ0) is 42.3. The van der Waals surface area contributed by atoms with E-state index in [2.05, 4.69) is 20.4 Å². The predicted octanol–water partition coefficient (Wildman–Crippen LogP) is 6.66. The number of aromatic nitrogens is 6. The van der Waals surface area contributed by atoms with E-state index in [1.54, 1.807) is 16.4 Å². The molecule has 18 heteroatoms. The van der Waals surface area contributed by atoms with Crippen LogP contribution in [0.2, 0.25) is 5.02 Å². The van der Waals surface area contributed by atoms with Crippen LogP contribution in [0.5, 0.6) is 5.75 Å². The highest BCUT2D eigenvalue weighted by atomic mass is 35.5. The van der Waals surface area contributed by atoms with Crippen LogP contribution >= 0.6 is 11.6 Å². The van der Waals surface area contributed by atoms with Crippen molar-refractivity contribution in [3.63, 3.8) is 0 Å². The van der Waals surface area contributed by atoms with Gasteiger partial charge in [-0.1, -0.05) is 61.0 Å². The molecule has 6 aromatic rings. The van der Waals surface area contributed by atoms with Gasteiger partial charge in [0.2, 0.25) is 11.7 Å². The number of rotatable bonds is 10. The van der Waals surface area contributed by atoms with Crippen LogP contribution in [-0.2, 0) is 41.9 Å². The number of carbonyl (C=O) groups is 2. The molecule has 1 fully saturated rings. The number of amides is 2. The standard InChI is InChI=1S/C42H39ClF3N9O5/c1-4-33-36(52-14-16-53(17-15-52)39(57)35-37(24(2)47-23-48-35)60-21-26-8-6-5-7-9-26)40(58)55-41(50-38(51-55)27-10-11-28-22-59-25(3)30(28)18-27)54(33)20-34(56)49-32-13-12-29(19-31(32)43)42(44,45)46/h5-13,18-19,23,25H,4,14-17,20-22H2,1-3H3,(H,49,56). The maximum absolute atomic E-state index is 14.5. The Morgan fingerprint density at radius 3 is 2.50 bits per heavy atom. The highest BCUT2D eigenvalue weighted by Crippen LogP contribution is 2.35. The van der Waals surface area contributed by atoms with Gasteiger partial charge in [-0.25, -0.2) is 9.97 Å². The molecule has 310 valence electrons. The average Bonchev–Trinajstić information content (AvgIpc) is 3.86. The quantitative estimate of drug-likeness (QED) is 0.159. The van der Waals surface area contributed by atoms with E-state index in [1.165, 1.54) is 6.33 Å². The first kappa shape index (κ1) is 40.4. The van der Waals surface area contributed by atoms with Crippen molar-refractivity contribution in [2.45, 2.75) is 59.2 Å². The Bertz CT molecular complexity index is 2680.